The number of carbonyl (C=O) groups excluding carboxylic acids is 1. The van der Waals surface area contributed by atoms with Gasteiger partial charge < -0.3 is 20.2 Å². The molecule has 0 aliphatic carbocycles. The maximum Gasteiger partial charge on any atom is 0.317 e. The molecule has 1 fully saturated rings. The normalized spacial score (nSPS) is 16.7. The van der Waals surface area contributed by atoms with Crippen molar-refractivity contribution in [3.63, 3.8) is 0 Å². The molecule has 0 radical (unpaired) electrons. The predicted molar refractivity (Wildman–Crippen MR) is 72.2 cm³/mol. The molecule has 1 aliphatic rings. The Bertz CT molecular complexity index is 303. The SMILES string of the molecule is CCN(C)CCNC(=O)N1CCN(CC(=O)O)CC1. The Hall–Kier alpha value is -1.34. The fraction of sp³-hybridized carbons (Fsp3) is 0.833. The molecule has 1 saturated heterocycles. The topological polar surface area (TPSA) is 76.1 Å². The standard InChI is InChI=1S/C12H24N4O3/c1-3-14(2)5-4-13-12(19)16-8-6-15(7-9-16)10-11(17)18/h3-10H2,1-2H3,(H,13,19)(H,17,18). The number of amides is 2. The van der Waals surface area contributed by atoms with Gasteiger partial charge in [-0.25, -0.2) is 4.79 Å². The van der Waals surface area contributed by atoms with E-state index in [1.165, 1.54) is 0 Å². The van der Waals surface area contributed by atoms with E-state index in [0.717, 1.165) is 13.1 Å². The summed E-state index contributed by atoms with van der Waals surface area (Å²) in [6, 6.07) is -0.0560. The fourth-order valence-corrected chi connectivity index (χ4v) is 1.92. The molecule has 7 nitrogen and oxygen atoms in total. The highest BCUT2D eigenvalue weighted by Crippen LogP contribution is 2.01. The van der Waals surface area contributed by atoms with E-state index >= 15 is 0 Å². The van der Waals surface area contributed by atoms with Gasteiger partial charge in [-0.2, -0.15) is 0 Å². The molecule has 0 atom stereocenters. The zero-order valence-corrected chi connectivity index (χ0v) is 11.8. The number of rotatable bonds is 6. The predicted octanol–water partition coefficient (Wildman–Crippen LogP) is -0.650. The zero-order chi connectivity index (χ0) is 14.3. The molecule has 110 valence electrons. The molecule has 7 heteroatoms. The van der Waals surface area contributed by atoms with Gasteiger partial charge in [-0.05, 0) is 13.6 Å². The summed E-state index contributed by atoms with van der Waals surface area (Å²) in [6.07, 6.45) is 0. The number of nitrogens with one attached hydrogen (secondary N) is 1. The average molecular weight is 272 g/mol. The molecule has 0 saturated carbocycles. The molecule has 0 bridgehead atoms. The number of carbonyl (C=O) groups is 2. The van der Waals surface area contributed by atoms with Crippen molar-refractivity contribution in [3.05, 3.63) is 0 Å². The minimum absolute atomic E-state index is 0.0523. The van der Waals surface area contributed by atoms with Gasteiger partial charge in [0.05, 0.1) is 6.54 Å². The van der Waals surface area contributed by atoms with Gasteiger partial charge in [-0.3, -0.25) is 9.69 Å². The van der Waals surface area contributed by atoms with Crippen molar-refractivity contribution in [2.45, 2.75) is 6.92 Å². The van der Waals surface area contributed by atoms with Crippen LogP contribution in [0.3, 0.4) is 0 Å². The molecule has 0 aromatic rings. The second-order valence-electron chi connectivity index (χ2n) is 4.78. The summed E-state index contributed by atoms with van der Waals surface area (Å²) in [6.45, 7) is 6.97. The Labute approximate surface area is 114 Å². The van der Waals surface area contributed by atoms with Crippen LogP contribution in [0.5, 0.6) is 0 Å². The maximum absolute atomic E-state index is 11.9. The Kier molecular flexibility index (Phi) is 6.58. The number of nitrogens with zero attached hydrogens (tertiary/aromatic N) is 3. The Morgan fingerprint density at radius 1 is 1.26 bits per heavy atom. The highest BCUT2D eigenvalue weighted by molar-refractivity contribution is 5.74. The summed E-state index contributed by atoms with van der Waals surface area (Å²) < 4.78 is 0. The number of hydrogen-bond donors (Lipinski definition) is 2. The van der Waals surface area contributed by atoms with Crippen LogP contribution in [-0.2, 0) is 4.79 Å². The summed E-state index contributed by atoms with van der Waals surface area (Å²) in [5.41, 5.74) is 0. The minimum atomic E-state index is -0.819. The van der Waals surface area contributed by atoms with Crippen LogP contribution in [0.2, 0.25) is 0 Å². The van der Waals surface area contributed by atoms with Crippen LogP contribution in [-0.4, -0.2) is 91.2 Å². The number of carboxylic acids is 1. The van der Waals surface area contributed by atoms with E-state index in [1.807, 2.05) is 11.9 Å². The van der Waals surface area contributed by atoms with Gasteiger partial charge >= 0.3 is 12.0 Å². The van der Waals surface area contributed by atoms with Gasteiger partial charge in [-0.1, -0.05) is 6.92 Å². The molecule has 0 spiro atoms. The summed E-state index contributed by atoms with van der Waals surface area (Å²) in [7, 11) is 2.01. The smallest absolute Gasteiger partial charge is 0.317 e. The fourth-order valence-electron chi connectivity index (χ4n) is 1.92. The summed E-state index contributed by atoms with van der Waals surface area (Å²) in [4.78, 5) is 28.2. The first-order valence-electron chi connectivity index (χ1n) is 6.68. The number of aliphatic carboxylic acids is 1. The van der Waals surface area contributed by atoms with E-state index < -0.39 is 5.97 Å². The molecule has 1 rings (SSSR count). The molecular formula is C12H24N4O3. The minimum Gasteiger partial charge on any atom is -0.480 e. The van der Waals surface area contributed by atoms with Gasteiger partial charge in [0.25, 0.3) is 0 Å². The first-order chi connectivity index (χ1) is 9.02. The molecule has 1 aliphatic heterocycles. The number of likely N-dealkylation sites (N-methyl/N-ethyl adjacent to an activating group) is 1. The highest BCUT2D eigenvalue weighted by Gasteiger charge is 2.21. The summed E-state index contributed by atoms with van der Waals surface area (Å²) in [5, 5.41) is 11.6. The van der Waals surface area contributed by atoms with Crippen molar-refractivity contribution in [2.24, 2.45) is 0 Å². The van der Waals surface area contributed by atoms with Crippen LogP contribution in [0.15, 0.2) is 0 Å². The lowest BCUT2D eigenvalue weighted by atomic mass is 10.3. The average Bonchev–Trinajstić information content (AvgIpc) is 2.38. The monoisotopic (exact) mass is 272 g/mol. The van der Waals surface area contributed by atoms with Crippen molar-refractivity contribution >= 4 is 12.0 Å². The second kappa shape index (κ2) is 7.96. The van der Waals surface area contributed by atoms with Crippen molar-refractivity contribution < 1.29 is 14.7 Å². The van der Waals surface area contributed by atoms with E-state index in [9.17, 15) is 9.59 Å². The number of hydrogen-bond acceptors (Lipinski definition) is 4. The van der Waals surface area contributed by atoms with Crippen LogP contribution in [0, 0.1) is 0 Å². The van der Waals surface area contributed by atoms with Crippen molar-refractivity contribution in [1.29, 1.82) is 0 Å². The maximum atomic E-state index is 11.9. The van der Waals surface area contributed by atoms with Gasteiger partial charge in [-0.15, -0.1) is 0 Å². The Morgan fingerprint density at radius 3 is 2.42 bits per heavy atom. The first kappa shape index (κ1) is 15.7. The van der Waals surface area contributed by atoms with Crippen molar-refractivity contribution in [3.8, 4) is 0 Å². The molecule has 1 heterocycles. The van der Waals surface area contributed by atoms with Gasteiger partial charge in [0.2, 0.25) is 0 Å². The lowest BCUT2D eigenvalue weighted by Crippen LogP contribution is -2.53. The number of piperazine rings is 1. The zero-order valence-electron chi connectivity index (χ0n) is 11.8. The largest absolute Gasteiger partial charge is 0.480 e. The molecular weight excluding hydrogens is 248 g/mol. The van der Waals surface area contributed by atoms with Gasteiger partial charge in [0.1, 0.15) is 0 Å². The Morgan fingerprint density at radius 2 is 1.89 bits per heavy atom. The van der Waals surface area contributed by atoms with Crippen molar-refractivity contribution in [1.82, 2.24) is 20.0 Å². The summed E-state index contributed by atoms with van der Waals surface area (Å²) >= 11 is 0. The second-order valence-corrected chi connectivity index (χ2v) is 4.78. The van der Waals surface area contributed by atoms with Crippen molar-refractivity contribution in [2.75, 3.05) is 59.4 Å². The lowest BCUT2D eigenvalue weighted by molar-refractivity contribution is -0.138. The van der Waals surface area contributed by atoms with Gasteiger partial charge in [0.15, 0.2) is 0 Å². The van der Waals surface area contributed by atoms with E-state index in [4.69, 9.17) is 5.11 Å². The van der Waals surface area contributed by atoms with E-state index in [-0.39, 0.29) is 12.6 Å². The third kappa shape index (κ3) is 5.89. The molecule has 0 aromatic heterocycles. The third-order valence-electron chi connectivity index (χ3n) is 3.33. The van der Waals surface area contributed by atoms with Crippen LogP contribution < -0.4 is 5.32 Å². The van der Waals surface area contributed by atoms with Crippen LogP contribution in [0.25, 0.3) is 0 Å². The molecule has 19 heavy (non-hydrogen) atoms. The molecule has 0 unspecified atom stereocenters. The van der Waals surface area contributed by atoms with Crippen LogP contribution in [0.4, 0.5) is 4.79 Å². The first-order valence-corrected chi connectivity index (χ1v) is 6.68. The lowest BCUT2D eigenvalue weighted by Gasteiger charge is -2.33. The third-order valence-corrected chi connectivity index (χ3v) is 3.33. The molecule has 2 N–H and O–H groups in total. The van der Waals surface area contributed by atoms with Crippen LogP contribution >= 0.6 is 0 Å². The Balaban J connectivity index is 2.19. The van der Waals surface area contributed by atoms with E-state index in [1.54, 1.807) is 4.90 Å². The van der Waals surface area contributed by atoms with E-state index in [2.05, 4.69) is 17.1 Å². The number of carboxylic acid groups (broad SMARTS) is 1. The van der Waals surface area contributed by atoms with Gasteiger partial charge in [0, 0.05) is 39.3 Å². The number of urea groups is 1. The molecule has 0 aromatic carbocycles. The van der Waals surface area contributed by atoms with Crippen LogP contribution in [0.1, 0.15) is 6.92 Å². The summed E-state index contributed by atoms with van der Waals surface area (Å²) in [5.74, 6) is -0.819. The quantitative estimate of drug-likeness (QED) is 0.672. The highest BCUT2D eigenvalue weighted by atomic mass is 16.4. The van der Waals surface area contributed by atoms with E-state index in [0.29, 0.717) is 32.7 Å². The molecule has 2 amide bonds.